The Balaban J connectivity index is 1.85. The first kappa shape index (κ1) is 15.2. The van der Waals surface area contributed by atoms with Gasteiger partial charge in [0, 0.05) is 24.9 Å². The topological polar surface area (TPSA) is 92.8 Å². The fourth-order valence-corrected chi connectivity index (χ4v) is 2.62. The number of benzene rings is 1. The van der Waals surface area contributed by atoms with E-state index >= 15 is 0 Å². The first-order chi connectivity index (χ1) is 10.1. The Labute approximate surface area is 122 Å². The lowest BCUT2D eigenvalue weighted by Crippen LogP contribution is -2.22. The van der Waals surface area contributed by atoms with Gasteiger partial charge in [0.1, 0.15) is 0 Å². The molecule has 1 fully saturated rings. The quantitative estimate of drug-likeness (QED) is 0.512. The second kappa shape index (κ2) is 6.97. The maximum absolute atomic E-state index is 10.9. The number of carbonyl (C=O) groups is 1. The van der Waals surface area contributed by atoms with Gasteiger partial charge in [0.05, 0.1) is 10.8 Å². The number of nitro benzene ring substituents is 1. The summed E-state index contributed by atoms with van der Waals surface area (Å²) in [7, 11) is 0. The highest BCUT2D eigenvalue weighted by Gasteiger charge is 2.25. The van der Waals surface area contributed by atoms with Crippen LogP contribution in [-0.4, -0.2) is 28.8 Å². The van der Waals surface area contributed by atoms with Gasteiger partial charge < -0.3 is 5.11 Å². The smallest absolute Gasteiger partial charge is 0.306 e. The molecule has 1 N–H and O–H groups in total. The molecule has 0 amide bonds. The Hall–Kier alpha value is -2.24. The molecule has 1 aliphatic rings. The summed E-state index contributed by atoms with van der Waals surface area (Å²) in [5.74, 6) is -0.494. The molecule has 1 aromatic carbocycles. The molecular formula is C15H18N2O4. The van der Waals surface area contributed by atoms with Gasteiger partial charge in [-0.15, -0.1) is 0 Å². The van der Waals surface area contributed by atoms with Crippen LogP contribution < -0.4 is 0 Å². The summed E-state index contributed by atoms with van der Waals surface area (Å²) >= 11 is 0. The molecule has 0 aliphatic heterocycles. The normalized spacial score (nSPS) is 22.3. The van der Waals surface area contributed by atoms with E-state index in [-0.39, 0.29) is 11.6 Å². The molecule has 0 spiro atoms. The molecule has 2 rings (SSSR count). The Kier molecular flexibility index (Phi) is 5.03. The monoisotopic (exact) mass is 290 g/mol. The van der Waals surface area contributed by atoms with E-state index in [4.69, 9.17) is 5.11 Å². The molecule has 0 atom stereocenters. The SMILES string of the molecule is O=C(O)[C@H]1CC[C@H](CN=Cc2cccc([N+](=O)[O-])c2)CC1. The van der Waals surface area contributed by atoms with Gasteiger partial charge in [0.25, 0.3) is 5.69 Å². The van der Waals surface area contributed by atoms with Crippen molar-refractivity contribution >= 4 is 17.9 Å². The van der Waals surface area contributed by atoms with Crippen LogP contribution in [0.3, 0.4) is 0 Å². The average Bonchev–Trinajstić information content (AvgIpc) is 2.48. The number of carboxylic acid groups (broad SMARTS) is 1. The molecule has 21 heavy (non-hydrogen) atoms. The van der Waals surface area contributed by atoms with Gasteiger partial charge in [-0.25, -0.2) is 0 Å². The second-order valence-corrected chi connectivity index (χ2v) is 5.40. The zero-order valence-electron chi connectivity index (χ0n) is 11.6. The van der Waals surface area contributed by atoms with Crippen molar-refractivity contribution in [1.29, 1.82) is 0 Å². The highest BCUT2D eigenvalue weighted by atomic mass is 16.6. The third-order valence-corrected chi connectivity index (χ3v) is 3.88. The number of hydrogen-bond donors (Lipinski definition) is 1. The summed E-state index contributed by atoms with van der Waals surface area (Å²) in [5, 5.41) is 19.6. The van der Waals surface area contributed by atoms with Crippen LogP contribution >= 0.6 is 0 Å². The first-order valence-electron chi connectivity index (χ1n) is 7.03. The number of aliphatic imine (C=N–C) groups is 1. The Morgan fingerprint density at radius 2 is 2.10 bits per heavy atom. The minimum atomic E-state index is -0.700. The van der Waals surface area contributed by atoms with E-state index < -0.39 is 10.9 Å². The Bertz CT molecular complexity index is 548. The fraction of sp³-hybridized carbons (Fsp3) is 0.467. The number of aliphatic carboxylic acids is 1. The zero-order valence-corrected chi connectivity index (χ0v) is 11.6. The fourth-order valence-electron chi connectivity index (χ4n) is 2.62. The average molecular weight is 290 g/mol. The molecule has 0 aromatic heterocycles. The number of carboxylic acids is 1. The van der Waals surface area contributed by atoms with E-state index in [0.717, 1.165) is 12.8 Å². The third-order valence-electron chi connectivity index (χ3n) is 3.88. The predicted molar refractivity (Wildman–Crippen MR) is 78.6 cm³/mol. The van der Waals surface area contributed by atoms with Gasteiger partial charge in [0.15, 0.2) is 0 Å². The van der Waals surface area contributed by atoms with Crippen LogP contribution in [0, 0.1) is 22.0 Å². The predicted octanol–water partition coefficient (Wildman–Crippen LogP) is 2.90. The number of rotatable bonds is 5. The van der Waals surface area contributed by atoms with E-state index in [1.54, 1.807) is 18.3 Å². The van der Waals surface area contributed by atoms with Gasteiger partial charge in [-0.05, 0) is 37.2 Å². The Morgan fingerprint density at radius 1 is 1.38 bits per heavy atom. The van der Waals surface area contributed by atoms with E-state index in [2.05, 4.69) is 4.99 Å². The van der Waals surface area contributed by atoms with E-state index in [1.165, 1.54) is 12.1 Å². The largest absolute Gasteiger partial charge is 0.481 e. The summed E-state index contributed by atoms with van der Waals surface area (Å²) < 4.78 is 0. The molecule has 0 unspecified atom stereocenters. The van der Waals surface area contributed by atoms with Gasteiger partial charge >= 0.3 is 5.97 Å². The van der Waals surface area contributed by atoms with Gasteiger partial charge in [0.2, 0.25) is 0 Å². The number of nitro groups is 1. The van der Waals surface area contributed by atoms with E-state index in [1.807, 2.05) is 0 Å². The summed E-state index contributed by atoms with van der Waals surface area (Å²) in [4.78, 5) is 25.5. The summed E-state index contributed by atoms with van der Waals surface area (Å²) in [6, 6.07) is 6.35. The molecule has 0 bridgehead atoms. The minimum Gasteiger partial charge on any atom is -0.481 e. The molecule has 6 heteroatoms. The maximum Gasteiger partial charge on any atom is 0.306 e. The zero-order chi connectivity index (χ0) is 15.2. The van der Waals surface area contributed by atoms with Crippen LogP contribution in [0.15, 0.2) is 29.3 Å². The van der Waals surface area contributed by atoms with Crippen LogP contribution in [0.2, 0.25) is 0 Å². The molecule has 112 valence electrons. The summed E-state index contributed by atoms with van der Waals surface area (Å²) in [6.45, 7) is 0.648. The van der Waals surface area contributed by atoms with Crippen LogP contribution in [0.25, 0.3) is 0 Å². The van der Waals surface area contributed by atoms with Crippen LogP contribution in [0.5, 0.6) is 0 Å². The molecular weight excluding hydrogens is 272 g/mol. The number of nitrogens with zero attached hydrogens (tertiary/aromatic N) is 2. The van der Waals surface area contributed by atoms with Crippen LogP contribution in [-0.2, 0) is 4.79 Å². The van der Waals surface area contributed by atoms with Gasteiger partial charge in [-0.1, -0.05) is 12.1 Å². The van der Waals surface area contributed by atoms with E-state index in [9.17, 15) is 14.9 Å². The highest BCUT2D eigenvalue weighted by Crippen LogP contribution is 2.29. The highest BCUT2D eigenvalue weighted by molar-refractivity contribution is 5.80. The van der Waals surface area contributed by atoms with Crippen molar-refractivity contribution < 1.29 is 14.8 Å². The summed E-state index contributed by atoms with van der Waals surface area (Å²) in [6.07, 6.45) is 4.83. The molecule has 0 saturated heterocycles. The number of non-ortho nitro benzene ring substituents is 1. The molecule has 0 radical (unpaired) electrons. The minimum absolute atomic E-state index is 0.0564. The molecule has 1 saturated carbocycles. The Morgan fingerprint density at radius 3 is 2.71 bits per heavy atom. The lowest BCUT2D eigenvalue weighted by Gasteiger charge is -2.24. The van der Waals surface area contributed by atoms with Crippen molar-refractivity contribution in [3.8, 4) is 0 Å². The molecule has 6 nitrogen and oxygen atoms in total. The molecule has 0 heterocycles. The standard InChI is InChI=1S/C15H18N2O4/c18-15(19)13-6-4-11(5-7-13)9-16-10-12-2-1-3-14(8-12)17(20)21/h1-3,8,10-11,13H,4-7,9H2,(H,18,19)/t11-,13-. The van der Waals surface area contributed by atoms with Gasteiger partial charge in [-0.2, -0.15) is 0 Å². The van der Waals surface area contributed by atoms with Crippen molar-refractivity contribution in [3.63, 3.8) is 0 Å². The summed E-state index contributed by atoms with van der Waals surface area (Å²) in [5.41, 5.74) is 0.768. The third kappa shape index (κ3) is 4.37. The van der Waals surface area contributed by atoms with Crippen molar-refractivity contribution in [2.45, 2.75) is 25.7 Å². The van der Waals surface area contributed by atoms with Crippen molar-refractivity contribution in [2.75, 3.05) is 6.54 Å². The lowest BCUT2D eigenvalue weighted by atomic mass is 9.82. The second-order valence-electron chi connectivity index (χ2n) is 5.40. The van der Waals surface area contributed by atoms with E-state index in [0.29, 0.717) is 30.9 Å². The van der Waals surface area contributed by atoms with Gasteiger partial charge in [-0.3, -0.25) is 19.9 Å². The van der Waals surface area contributed by atoms with Crippen molar-refractivity contribution in [3.05, 3.63) is 39.9 Å². The number of hydrogen-bond acceptors (Lipinski definition) is 4. The van der Waals surface area contributed by atoms with Crippen molar-refractivity contribution in [1.82, 2.24) is 0 Å². The van der Waals surface area contributed by atoms with Crippen molar-refractivity contribution in [2.24, 2.45) is 16.8 Å². The lowest BCUT2D eigenvalue weighted by molar-refractivity contribution is -0.384. The molecule has 1 aliphatic carbocycles. The van der Waals surface area contributed by atoms with Crippen LogP contribution in [0.1, 0.15) is 31.2 Å². The first-order valence-corrected chi connectivity index (χ1v) is 7.03. The van der Waals surface area contributed by atoms with Crippen LogP contribution in [0.4, 0.5) is 5.69 Å². The molecule has 1 aromatic rings. The maximum atomic E-state index is 10.9.